The number of pyridine rings is 1. The molecular formula is C23H25N3O5. The first-order valence-corrected chi connectivity index (χ1v) is 9.81. The minimum atomic E-state index is -0.607. The number of aromatic nitrogens is 1. The number of benzene rings is 2. The summed E-state index contributed by atoms with van der Waals surface area (Å²) in [6.07, 6.45) is -0.101. The SMILES string of the molecule is COCC(CC(=O)NO)NC(=O)c1ccc(OCc2cc(C)nc3ccccc23)cc1. The summed E-state index contributed by atoms with van der Waals surface area (Å²) in [6, 6.07) is 16.1. The Labute approximate surface area is 180 Å². The molecule has 8 heteroatoms. The van der Waals surface area contributed by atoms with Gasteiger partial charge in [0, 0.05) is 29.3 Å². The molecule has 2 aromatic carbocycles. The monoisotopic (exact) mass is 423 g/mol. The number of rotatable bonds is 9. The number of nitrogens with one attached hydrogen (secondary N) is 2. The largest absolute Gasteiger partial charge is 0.489 e. The van der Waals surface area contributed by atoms with E-state index in [9.17, 15) is 9.59 Å². The van der Waals surface area contributed by atoms with Crippen molar-refractivity contribution in [3.63, 3.8) is 0 Å². The molecule has 3 rings (SSSR count). The minimum absolute atomic E-state index is 0.101. The first-order chi connectivity index (χ1) is 15.0. The van der Waals surface area contributed by atoms with Gasteiger partial charge < -0.3 is 14.8 Å². The second kappa shape index (κ2) is 10.5. The molecular weight excluding hydrogens is 398 g/mol. The molecule has 0 radical (unpaired) electrons. The summed E-state index contributed by atoms with van der Waals surface area (Å²) in [7, 11) is 1.47. The van der Waals surface area contributed by atoms with Crippen LogP contribution in [0.2, 0.25) is 0 Å². The number of hydrogen-bond donors (Lipinski definition) is 3. The number of hydroxylamine groups is 1. The Morgan fingerprint density at radius 3 is 2.58 bits per heavy atom. The van der Waals surface area contributed by atoms with Crippen LogP contribution < -0.4 is 15.5 Å². The Balaban J connectivity index is 1.64. The first kappa shape index (κ1) is 22.2. The van der Waals surface area contributed by atoms with E-state index in [1.54, 1.807) is 29.7 Å². The van der Waals surface area contributed by atoms with Crippen molar-refractivity contribution in [3.8, 4) is 5.75 Å². The van der Waals surface area contributed by atoms with Crippen molar-refractivity contribution in [1.82, 2.24) is 15.8 Å². The van der Waals surface area contributed by atoms with Crippen LogP contribution in [0.5, 0.6) is 5.75 Å². The number of ether oxygens (including phenoxy) is 2. The van der Waals surface area contributed by atoms with Gasteiger partial charge in [0.25, 0.3) is 5.91 Å². The third-order valence-corrected chi connectivity index (χ3v) is 4.70. The van der Waals surface area contributed by atoms with E-state index in [1.807, 2.05) is 37.3 Å². The van der Waals surface area contributed by atoms with Crippen LogP contribution >= 0.6 is 0 Å². The number of carbonyl (C=O) groups excluding carboxylic acids is 2. The molecule has 1 aromatic heterocycles. The highest BCUT2D eigenvalue weighted by atomic mass is 16.5. The predicted molar refractivity (Wildman–Crippen MR) is 115 cm³/mol. The first-order valence-electron chi connectivity index (χ1n) is 9.81. The van der Waals surface area contributed by atoms with E-state index in [-0.39, 0.29) is 18.9 Å². The van der Waals surface area contributed by atoms with E-state index in [1.165, 1.54) is 7.11 Å². The van der Waals surface area contributed by atoms with Gasteiger partial charge in [-0.25, -0.2) is 5.48 Å². The molecule has 8 nitrogen and oxygen atoms in total. The maximum absolute atomic E-state index is 12.5. The van der Waals surface area contributed by atoms with E-state index in [0.717, 1.165) is 22.2 Å². The predicted octanol–water partition coefficient (Wildman–Crippen LogP) is 2.76. The fourth-order valence-electron chi connectivity index (χ4n) is 3.27. The number of methoxy groups -OCH3 is 1. The van der Waals surface area contributed by atoms with E-state index in [0.29, 0.717) is 17.9 Å². The van der Waals surface area contributed by atoms with E-state index in [2.05, 4.69) is 10.3 Å². The van der Waals surface area contributed by atoms with Gasteiger partial charge in [-0.15, -0.1) is 0 Å². The van der Waals surface area contributed by atoms with Crippen molar-refractivity contribution in [2.75, 3.05) is 13.7 Å². The second-order valence-corrected chi connectivity index (χ2v) is 7.12. The highest BCUT2D eigenvalue weighted by molar-refractivity contribution is 5.94. The van der Waals surface area contributed by atoms with E-state index >= 15 is 0 Å². The Morgan fingerprint density at radius 1 is 1.13 bits per heavy atom. The lowest BCUT2D eigenvalue weighted by Crippen LogP contribution is -2.41. The average molecular weight is 423 g/mol. The Kier molecular flexibility index (Phi) is 7.53. The van der Waals surface area contributed by atoms with Crippen molar-refractivity contribution in [2.45, 2.75) is 26.0 Å². The second-order valence-electron chi connectivity index (χ2n) is 7.12. The molecule has 1 unspecified atom stereocenters. The topological polar surface area (TPSA) is 110 Å². The molecule has 0 bridgehead atoms. The molecule has 0 saturated heterocycles. The van der Waals surface area contributed by atoms with Crippen LogP contribution in [-0.2, 0) is 16.1 Å². The number of aryl methyl sites for hydroxylation is 1. The highest BCUT2D eigenvalue weighted by Gasteiger charge is 2.17. The molecule has 0 fully saturated rings. The van der Waals surface area contributed by atoms with Gasteiger partial charge in [-0.3, -0.25) is 19.8 Å². The summed E-state index contributed by atoms with van der Waals surface area (Å²) in [5.74, 6) is -0.330. The number of amides is 2. The molecule has 3 aromatic rings. The third kappa shape index (κ3) is 6.00. The van der Waals surface area contributed by atoms with Gasteiger partial charge in [-0.05, 0) is 43.3 Å². The lowest BCUT2D eigenvalue weighted by atomic mass is 10.1. The molecule has 1 atom stereocenters. The lowest BCUT2D eigenvalue weighted by molar-refractivity contribution is -0.129. The van der Waals surface area contributed by atoms with Gasteiger partial charge in [0.2, 0.25) is 5.91 Å². The quantitative estimate of drug-likeness (QED) is 0.361. The summed E-state index contributed by atoms with van der Waals surface area (Å²) >= 11 is 0. The minimum Gasteiger partial charge on any atom is -0.489 e. The Bertz CT molecular complexity index is 1050. The Hall–Kier alpha value is -3.49. The third-order valence-electron chi connectivity index (χ3n) is 4.70. The number of para-hydroxylation sites is 1. The van der Waals surface area contributed by atoms with E-state index in [4.69, 9.17) is 14.7 Å². The number of nitrogens with zero attached hydrogens (tertiary/aromatic N) is 1. The van der Waals surface area contributed by atoms with Crippen molar-refractivity contribution < 1.29 is 24.3 Å². The normalized spacial score (nSPS) is 11.7. The summed E-state index contributed by atoms with van der Waals surface area (Å²) in [6.45, 7) is 2.46. The van der Waals surface area contributed by atoms with Crippen molar-refractivity contribution >= 4 is 22.7 Å². The Morgan fingerprint density at radius 2 is 1.87 bits per heavy atom. The maximum Gasteiger partial charge on any atom is 0.251 e. The highest BCUT2D eigenvalue weighted by Crippen LogP contribution is 2.21. The number of hydrogen-bond acceptors (Lipinski definition) is 6. The van der Waals surface area contributed by atoms with Gasteiger partial charge in [0.15, 0.2) is 0 Å². The molecule has 0 aliphatic carbocycles. The van der Waals surface area contributed by atoms with E-state index < -0.39 is 11.9 Å². The van der Waals surface area contributed by atoms with Crippen LogP contribution in [0.25, 0.3) is 10.9 Å². The van der Waals surface area contributed by atoms with Crippen LogP contribution in [0.1, 0.15) is 28.0 Å². The van der Waals surface area contributed by atoms with Crippen molar-refractivity contribution in [3.05, 3.63) is 71.4 Å². The summed E-state index contributed by atoms with van der Waals surface area (Å²) < 4.78 is 10.9. The van der Waals surface area contributed by atoms with Crippen molar-refractivity contribution in [2.24, 2.45) is 0 Å². The molecule has 0 aliphatic rings. The lowest BCUT2D eigenvalue weighted by Gasteiger charge is -2.17. The van der Waals surface area contributed by atoms with Crippen LogP contribution in [0, 0.1) is 6.92 Å². The number of carbonyl (C=O) groups is 2. The van der Waals surface area contributed by atoms with Gasteiger partial charge >= 0.3 is 0 Å². The molecule has 0 spiro atoms. The molecule has 0 saturated carbocycles. The summed E-state index contributed by atoms with van der Waals surface area (Å²) in [4.78, 5) is 28.4. The molecule has 31 heavy (non-hydrogen) atoms. The average Bonchev–Trinajstić information content (AvgIpc) is 2.77. The van der Waals surface area contributed by atoms with Crippen molar-refractivity contribution in [1.29, 1.82) is 0 Å². The summed E-state index contributed by atoms with van der Waals surface area (Å²) in [5.41, 5.74) is 4.85. The molecule has 3 N–H and O–H groups in total. The summed E-state index contributed by atoms with van der Waals surface area (Å²) in [5, 5.41) is 12.4. The van der Waals surface area contributed by atoms with Crippen LogP contribution in [-0.4, -0.2) is 41.8 Å². The fraction of sp³-hybridized carbons (Fsp3) is 0.261. The van der Waals surface area contributed by atoms with Crippen LogP contribution in [0.15, 0.2) is 54.6 Å². The zero-order valence-corrected chi connectivity index (χ0v) is 17.4. The zero-order chi connectivity index (χ0) is 22.2. The molecule has 2 amide bonds. The van der Waals surface area contributed by atoms with Gasteiger partial charge in [-0.2, -0.15) is 0 Å². The van der Waals surface area contributed by atoms with Crippen LogP contribution in [0.3, 0.4) is 0 Å². The van der Waals surface area contributed by atoms with Gasteiger partial charge in [-0.1, -0.05) is 18.2 Å². The zero-order valence-electron chi connectivity index (χ0n) is 17.4. The smallest absolute Gasteiger partial charge is 0.251 e. The standard InChI is InChI=1S/C23H25N3O5/c1-15-11-17(20-5-3-4-6-21(20)24-15)13-31-19-9-7-16(8-10-19)23(28)25-18(14-30-2)12-22(27)26-29/h3-11,18,29H,12-14H2,1-2H3,(H,25,28)(H,26,27). The van der Waals surface area contributed by atoms with Gasteiger partial charge in [0.1, 0.15) is 12.4 Å². The molecule has 162 valence electrons. The molecule has 0 aliphatic heterocycles. The number of fused-ring (bicyclic) bond motifs is 1. The fourth-order valence-corrected chi connectivity index (χ4v) is 3.27. The molecule has 1 heterocycles. The van der Waals surface area contributed by atoms with Crippen LogP contribution in [0.4, 0.5) is 0 Å². The maximum atomic E-state index is 12.5. The van der Waals surface area contributed by atoms with Gasteiger partial charge in [0.05, 0.1) is 24.6 Å².